The van der Waals surface area contributed by atoms with Crippen LogP contribution < -0.4 is 10.6 Å². The van der Waals surface area contributed by atoms with Crippen LogP contribution >= 0.6 is 0 Å². The van der Waals surface area contributed by atoms with Crippen molar-refractivity contribution >= 4 is 6.09 Å². The normalized spacial score (nSPS) is 21.5. The Labute approximate surface area is 77.8 Å². The Balaban J connectivity index is 2.02. The molecule has 0 bridgehead atoms. The predicted octanol–water partition coefficient (Wildman–Crippen LogP) is -0.279. The Morgan fingerprint density at radius 1 is 1.62 bits per heavy atom. The summed E-state index contributed by atoms with van der Waals surface area (Å²) in [6, 6.07) is 0.218. The van der Waals surface area contributed by atoms with Crippen LogP contribution in [0.3, 0.4) is 0 Å². The molecule has 1 aliphatic heterocycles. The minimum Gasteiger partial charge on any atom is -0.447 e. The third-order valence-electron chi connectivity index (χ3n) is 1.90. The van der Waals surface area contributed by atoms with Gasteiger partial charge in [0.1, 0.15) is 6.61 Å². The fourth-order valence-corrected chi connectivity index (χ4v) is 1.20. The van der Waals surface area contributed by atoms with Crippen molar-refractivity contribution < 1.29 is 14.3 Å². The number of rotatable bonds is 4. The molecule has 5 nitrogen and oxygen atoms in total. The van der Waals surface area contributed by atoms with Crippen LogP contribution in [-0.4, -0.2) is 45.5 Å². The fraction of sp³-hybridized carbons (Fsp3) is 0.875. The second-order valence-corrected chi connectivity index (χ2v) is 2.96. The van der Waals surface area contributed by atoms with E-state index in [9.17, 15) is 4.79 Å². The van der Waals surface area contributed by atoms with Crippen molar-refractivity contribution in [1.82, 2.24) is 10.6 Å². The summed E-state index contributed by atoms with van der Waals surface area (Å²) in [5.74, 6) is 0. The molecule has 0 unspecified atom stereocenters. The van der Waals surface area contributed by atoms with E-state index >= 15 is 0 Å². The van der Waals surface area contributed by atoms with Gasteiger partial charge in [0.25, 0.3) is 0 Å². The number of alkyl carbamates (subject to hydrolysis) is 1. The quantitative estimate of drug-likeness (QED) is 0.596. The summed E-state index contributed by atoms with van der Waals surface area (Å²) in [7, 11) is 1.57. The summed E-state index contributed by atoms with van der Waals surface area (Å²) in [5.41, 5.74) is 0. The van der Waals surface area contributed by atoms with E-state index in [2.05, 4.69) is 10.6 Å². The van der Waals surface area contributed by atoms with Crippen LogP contribution in [0.4, 0.5) is 4.79 Å². The predicted molar refractivity (Wildman–Crippen MR) is 47.6 cm³/mol. The largest absolute Gasteiger partial charge is 0.447 e. The van der Waals surface area contributed by atoms with Gasteiger partial charge >= 0.3 is 6.09 Å². The number of hydrogen-bond donors (Lipinski definition) is 2. The SMILES string of the molecule is COCCOC(=O)N[C@@H]1CCNC1. The minimum atomic E-state index is -0.356. The van der Waals surface area contributed by atoms with Gasteiger partial charge in [0.05, 0.1) is 6.61 Å². The Bertz CT molecular complexity index is 157. The zero-order chi connectivity index (χ0) is 9.52. The first-order valence-electron chi connectivity index (χ1n) is 4.46. The molecule has 13 heavy (non-hydrogen) atoms. The number of carbonyl (C=O) groups is 1. The van der Waals surface area contributed by atoms with Crippen molar-refractivity contribution in [1.29, 1.82) is 0 Å². The number of ether oxygens (including phenoxy) is 2. The topological polar surface area (TPSA) is 59.6 Å². The lowest BCUT2D eigenvalue weighted by Gasteiger charge is -2.11. The van der Waals surface area contributed by atoms with Gasteiger partial charge in [-0.05, 0) is 13.0 Å². The molecule has 76 valence electrons. The van der Waals surface area contributed by atoms with E-state index in [1.807, 2.05) is 0 Å². The second-order valence-electron chi connectivity index (χ2n) is 2.96. The van der Waals surface area contributed by atoms with Gasteiger partial charge in [0, 0.05) is 19.7 Å². The smallest absolute Gasteiger partial charge is 0.407 e. The summed E-state index contributed by atoms with van der Waals surface area (Å²) in [5, 5.41) is 5.91. The van der Waals surface area contributed by atoms with Crippen molar-refractivity contribution in [2.24, 2.45) is 0 Å². The molecule has 0 aromatic heterocycles. The van der Waals surface area contributed by atoms with Gasteiger partial charge in [-0.1, -0.05) is 0 Å². The molecule has 1 amide bonds. The molecular weight excluding hydrogens is 172 g/mol. The molecule has 1 heterocycles. The van der Waals surface area contributed by atoms with Gasteiger partial charge in [0.2, 0.25) is 0 Å². The van der Waals surface area contributed by atoms with Crippen molar-refractivity contribution in [3.05, 3.63) is 0 Å². The highest BCUT2D eigenvalue weighted by atomic mass is 16.6. The number of carbonyl (C=O) groups excluding carboxylic acids is 1. The lowest BCUT2D eigenvalue weighted by Crippen LogP contribution is -2.37. The van der Waals surface area contributed by atoms with Gasteiger partial charge < -0.3 is 20.1 Å². The summed E-state index contributed by atoms with van der Waals surface area (Å²) in [6.07, 6.45) is 0.616. The van der Waals surface area contributed by atoms with Crippen LogP contribution in [0.2, 0.25) is 0 Å². The number of nitrogens with one attached hydrogen (secondary N) is 2. The molecule has 1 fully saturated rings. The Morgan fingerprint density at radius 3 is 3.08 bits per heavy atom. The number of hydrogen-bond acceptors (Lipinski definition) is 4. The maximum absolute atomic E-state index is 11.1. The third-order valence-corrected chi connectivity index (χ3v) is 1.90. The number of amides is 1. The van der Waals surface area contributed by atoms with E-state index in [-0.39, 0.29) is 12.1 Å². The summed E-state index contributed by atoms with van der Waals surface area (Å²) >= 11 is 0. The van der Waals surface area contributed by atoms with Crippen molar-refractivity contribution in [3.63, 3.8) is 0 Å². The Kier molecular flexibility index (Phi) is 4.56. The molecular formula is C8H16N2O3. The first-order chi connectivity index (χ1) is 6.33. The Hall–Kier alpha value is -0.810. The van der Waals surface area contributed by atoms with Gasteiger partial charge in [0.15, 0.2) is 0 Å². The van der Waals surface area contributed by atoms with Crippen LogP contribution in [0.1, 0.15) is 6.42 Å². The lowest BCUT2D eigenvalue weighted by atomic mass is 10.3. The highest BCUT2D eigenvalue weighted by molar-refractivity contribution is 5.67. The van der Waals surface area contributed by atoms with E-state index in [1.165, 1.54) is 0 Å². The highest BCUT2D eigenvalue weighted by Gasteiger charge is 2.16. The van der Waals surface area contributed by atoms with Crippen LogP contribution in [0.15, 0.2) is 0 Å². The van der Waals surface area contributed by atoms with E-state index in [0.717, 1.165) is 19.5 Å². The summed E-state index contributed by atoms with van der Waals surface area (Å²) in [6.45, 7) is 2.54. The monoisotopic (exact) mass is 188 g/mol. The van der Waals surface area contributed by atoms with E-state index in [0.29, 0.717) is 13.2 Å². The first kappa shape index (κ1) is 10.3. The molecule has 0 aliphatic carbocycles. The maximum atomic E-state index is 11.1. The molecule has 2 N–H and O–H groups in total. The molecule has 0 aromatic rings. The summed E-state index contributed by atoms with van der Waals surface area (Å²) in [4.78, 5) is 11.1. The van der Waals surface area contributed by atoms with Crippen molar-refractivity contribution in [2.45, 2.75) is 12.5 Å². The zero-order valence-electron chi connectivity index (χ0n) is 7.84. The maximum Gasteiger partial charge on any atom is 0.407 e. The van der Waals surface area contributed by atoms with Gasteiger partial charge in [-0.2, -0.15) is 0 Å². The van der Waals surface area contributed by atoms with Crippen LogP contribution in [-0.2, 0) is 9.47 Å². The first-order valence-corrected chi connectivity index (χ1v) is 4.46. The lowest BCUT2D eigenvalue weighted by molar-refractivity contribution is 0.0968. The molecule has 5 heteroatoms. The average molecular weight is 188 g/mol. The Morgan fingerprint density at radius 2 is 2.46 bits per heavy atom. The average Bonchev–Trinajstić information content (AvgIpc) is 2.57. The molecule has 0 spiro atoms. The van der Waals surface area contributed by atoms with E-state index < -0.39 is 0 Å². The molecule has 1 aliphatic rings. The van der Waals surface area contributed by atoms with Crippen LogP contribution in [0.25, 0.3) is 0 Å². The zero-order valence-corrected chi connectivity index (χ0v) is 7.84. The van der Waals surface area contributed by atoms with Gasteiger partial charge in [-0.15, -0.1) is 0 Å². The van der Waals surface area contributed by atoms with Crippen LogP contribution in [0.5, 0.6) is 0 Å². The van der Waals surface area contributed by atoms with Crippen molar-refractivity contribution in [2.75, 3.05) is 33.4 Å². The highest BCUT2D eigenvalue weighted by Crippen LogP contribution is 1.96. The second kappa shape index (κ2) is 5.77. The molecule has 0 radical (unpaired) electrons. The summed E-state index contributed by atoms with van der Waals surface area (Å²) < 4.78 is 9.59. The fourth-order valence-electron chi connectivity index (χ4n) is 1.20. The molecule has 1 rings (SSSR count). The molecule has 0 saturated carbocycles. The third kappa shape index (κ3) is 4.10. The minimum absolute atomic E-state index is 0.218. The molecule has 1 saturated heterocycles. The standard InChI is InChI=1S/C8H16N2O3/c1-12-4-5-13-8(11)10-7-2-3-9-6-7/h7,9H,2-6H2,1H3,(H,10,11)/t7-/m1/s1. The van der Waals surface area contributed by atoms with Gasteiger partial charge in [-0.3, -0.25) is 0 Å². The van der Waals surface area contributed by atoms with Crippen molar-refractivity contribution in [3.8, 4) is 0 Å². The van der Waals surface area contributed by atoms with Crippen LogP contribution in [0, 0.1) is 0 Å². The van der Waals surface area contributed by atoms with E-state index in [4.69, 9.17) is 9.47 Å². The molecule has 1 atom stereocenters. The van der Waals surface area contributed by atoms with E-state index in [1.54, 1.807) is 7.11 Å². The number of methoxy groups -OCH3 is 1. The van der Waals surface area contributed by atoms with Gasteiger partial charge in [-0.25, -0.2) is 4.79 Å². The molecule has 0 aromatic carbocycles.